The predicted molar refractivity (Wildman–Crippen MR) is 237 cm³/mol. The van der Waals surface area contributed by atoms with Gasteiger partial charge in [0.25, 0.3) is 0 Å². The molecule has 1 rings (SSSR count). The van der Waals surface area contributed by atoms with Crippen LogP contribution in [0.4, 0.5) is 0 Å². The molecule has 1 saturated heterocycles. The van der Waals surface area contributed by atoms with Gasteiger partial charge in [-0.1, -0.05) is 13.8 Å². The molecule has 1 fully saturated rings. The van der Waals surface area contributed by atoms with Crippen molar-refractivity contribution in [3.8, 4) is 0 Å². The molecule has 0 bridgehead atoms. The average Bonchev–Trinajstić information content (AvgIpc) is 3.78. The molecule has 0 saturated carbocycles. The van der Waals surface area contributed by atoms with Gasteiger partial charge in [-0.25, -0.2) is 4.79 Å². The first-order valence-electron chi connectivity index (χ1n) is 21.6. The number of carboxylic acid groups (broad SMARTS) is 1. The summed E-state index contributed by atoms with van der Waals surface area (Å²) in [6.45, 7) is 0.332. The maximum Gasteiger partial charge on any atom is 0.328 e. The Morgan fingerprint density at radius 3 is 1.35 bits per heavy atom. The molecule has 1 aliphatic heterocycles. The molecule has 0 spiro atoms. The minimum absolute atomic E-state index is 0.00296. The second kappa shape index (κ2) is 30.0. The fraction of sp³-hybridized carbons (Fsp3) is 0.711. The molecule has 10 atom stereocenters. The number of likely N-dealkylation sites (tertiary alicyclic amines) is 1. The van der Waals surface area contributed by atoms with Crippen LogP contribution in [0, 0.1) is 16.7 Å². The summed E-state index contributed by atoms with van der Waals surface area (Å²) in [5.41, 5.74) is 16.5. The SMILES string of the molecule is CC(C)[C@H](N)C(=O)N[C@@H](CCCNC(=N)N)C(=O)N[C@@H](CO)C(=O)N[C@@H](CO)C(=O)N[C@@H](CO)C(=O)N[C@@H](CCCNC(=N)N)C(=O)N[C@H](C(=O)N1CCC[C@H]1C(=O)N[C@@H](CO)C(=O)O)[C@@H](C)O. The van der Waals surface area contributed by atoms with E-state index in [4.69, 9.17) is 28.0 Å². The fourth-order valence-electron chi connectivity index (χ4n) is 6.42. The summed E-state index contributed by atoms with van der Waals surface area (Å²) in [6.07, 6.45) is -1.33. The zero-order chi connectivity index (χ0) is 51.8. The van der Waals surface area contributed by atoms with Crippen LogP contribution in [0.1, 0.15) is 59.3 Å². The maximum atomic E-state index is 13.7. The molecule has 0 aromatic carbocycles. The summed E-state index contributed by atoms with van der Waals surface area (Å²) in [4.78, 5) is 119. The number of nitrogens with zero attached hydrogens (tertiary/aromatic N) is 1. The van der Waals surface area contributed by atoms with E-state index in [1.165, 1.54) is 0 Å². The van der Waals surface area contributed by atoms with Gasteiger partial charge in [0.05, 0.1) is 38.6 Å². The van der Waals surface area contributed by atoms with Crippen LogP contribution in [0.5, 0.6) is 0 Å². The standard InChI is InChI=1S/C38H69N15O15/c1-17(2)26(39)34(65)47-19(7-4-10-44-37(40)41)28(59)48-22(14-55)31(62)50-23(15-56)32(63)49-21(13-54)30(61)46-20(8-5-11-45-38(42)43)29(60)52-27(18(3)58)35(66)53-12-6-9-25(53)33(64)51-24(16-57)36(67)68/h17-27,54-58H,4-16,39H2,1-3H3,(H,46,61)(H,47,65)(H,48,59)(H,49,63)(H,50,62)(H,51,64)(H,52,60)(H,67,68)(H4,40,41,44)(H4,42,43,45)/t18-,19+,20+,21+,22+,23+,24+,25+,26+,27+/m1/s1. The molecule has 1 heterocycles. The second-order valence-corrected chi connectivity index (χ2v) is 16.1. The lowest BCUT2D eigenvalue weighted by Gasteiger charge is -2.31. The highest BCUT2D eigenvalue weighted by molar-refractivity contribution is 5.98. The topological polar surface area (TPSA) is 512 Å². The summed E-state index contributed by atoms with van der Waals surface area (Å²) in [5.74, 6) is -10.9. The van der Waals surface area contributed by atoms with Crippen molar-refractivity contribution in [1.29, 1.82) is 10.8 Å². The number of nitrogens with two attached hydrogens (primary N) is 3. The van der Waals surface area contributed by atoms with Gasteiger partial charge >= 0.3 is 5.97 Å². The Morgan fingerprint density at radius 1 is 0.603 bits per heavy atom. The molecule has 23 N–H and O–H groups in total. The first-order valence-corrected chi connectivity index (χ1v) is 21.6. The first kappa shape index (κ1) is 59.5. The van der Waals surface area contributed by atoms with Crippen LogP contribution in [0.15, 0.2) is 0 Å². The summed E-state index contributed by atoms with van der Waals surface area (Å²) >= 11 is 0. The Bertz CT molecular complexity index is 1770. The van der Waals surface area contributed by atoms with Crippen LogP contribution in [0.3, 0.4) is 0 Å². The number of aliphatic carboxylic acids is 1. The molecule has 68 heavy (non-hydrogen) atoms. The summed E-state index contributed by atoms with van der Waals surface area (Å²) in [6, 6.07) is -14.1. The molecule has 0 radical (unpaired) electrons. The molecule has 0 aliphatic carbocycles. The number of carboxylic acids is 1. The number of aliphatic hydroxyl groups is 5. The van der Waals surface area contributed by atoms with Gasteiger partial charge in [-0.05, 0) is 51.4 Å². The number of carbonyl (C=O) groups excluding carboxylic acids is 8. The predicted octanol–water partition coefficient (Wildman–Crippen LogP) is -9.68. The second-order valence-electron chi connectivity index (χ2n) is 16.1. The van der Waals surface area contributed by atoms with E-state index in [9.17, 15) is 73.8 Å². The van der Waals surface area contributed by atoms with E-state index in [1.54, 1.807) is 13.8 Å². The number of carbonyl (C=O) groups is 9. The number of rotatable bonds is 30. The first-order chi connectivity index (χ1) is 31.9. The monoisotopic (exact) mass is 976 g/mol. The van der Waals surface area contributed by atoms with Gasteiger partial charge in [-0.3, -0.25) is 49.2 Å². The number of nitrogens with one attached hydrogen (secondary N) is 11. The van der Waals surface area contributed by atoms with Crippen LogP contribution in [0.25, 0.3) is 0 Å². The Hall–Kier alpha value is -6.47. The lowest BCUT2D eigenvalue weighted by Crippen LogP contribution is -2.62. The Balaban J connectivity index is 3.21. The number of guanidine groups is 2. The highest BCUT2D eigenvalue weighted by Crippen LogP contribution is 2.20. The third-order valence-electron chi connectivity index (χ3n) is 10.4. The van der Waals surface area contributed by atoms with Gasteiger partial charge in [0.1, 0.15) is 48.3 Å². The normalized spacial score (nSPS) is 17.3. The third-order valence-corrected chi connectivity index (χ3v) is 10.4. The number of hydrogen-bond donors (Lipinski definition) is 20. The van der Waals surface area contributed by atoms with Crippen molar-refractivity contribution in [1.82, 2.24) is 52.8 Å². The summed E-state index contributed by atoms with van der Waals surface area (Å²) in [5, 5.41) is 94.7. The quantitative estimate of drug-likeness (QED) is 0.0180. The van der Waals surface area contributed by atoms with Gasteiger partial charge in [0.2, 0.25) is 47.3 Å². The Morgan fingerprint density at radius 2 is 0.985 bits per heavy atom. The van der Waals surface area contributed by atoms with Crippen molar-refractivity contribution >= 4 is 65.1 Å². The molecule has 0 unspecified atom stereocenters. The van der Waals surface area contributed by atoms with Crippen LogP contribution in [-0.4, -0.2) is 207 Å². The van der Waals surface area contributed by atoms with E-state index in [2.05, 4.69) is 47.9 Å². The molecule has 0 aromatic heterocycles. The van der Waals surface area contributed by atoms with Crippen molar-refractivity contribution < 1.29 is 73.8 Å². The van der Waals surface area contributed by atoms with Crippen LogP contribution in [-0.2, 0) is 43.2 Å². The molecular formula is C38H69N15O15. The van der Waals surface area contributed by atoms with E-state index in [1.807, 2.05) is 0 Å². The van der Waals surface area contributed by atoms with Gasteiger partial charge in [-0.15, -0.1) is 0 Å². The Kier molecular flexibility index (Phi) is 26.3. The van der Waals surface area contributed by atoms with Crippen molar-refractivity contribution in [2.24, 2.45) is 23.1 Å². The van der Waals surface area contributed by atoms with Crippen molar-refractivity contribution in [3.63, 3.8) is 0 Å². The molecular weight excluding hydrogens is 907 g/mol. The van der Waals surface area contributed by atoms with Crippen molar-refractivity contribution in [2.75, 3.05) is 46.1 Å². The third kappa shape index (κ3) is 19.8. The minimum Gasteiger partial charge on any atom is -0.480 e. The van der Waals surface area contributed by atoms with Crippen LogP contribution < -0.4 is 65.1 Å². The van der Waals surface area contributed by atoms with E-state index in [-0.39, 0.29) is 70.0 Å². The highest BCUT2D eigenvalue weighted by Gasteiger charge is 2.41. The van der Waals surface area contributed by atoms with Gasteiger partial charge in [0.15, 0.2) is 11.9 Å². The van der Waals surface area contributed by atoms with E-state index < -0.39 is 146 Å². The van der Waals surface area contributed by atoms with E-state index in [0.29, 0.717) is 0 Å². The summed E-state index contributed by atoms with van der Waals surface area (Å²) < 4.78 is 0. The lowest BCUT2D eigenvalue weighted by atomic mass is 10.0. The van der Waals surface area contributed by atoms with Crippen molar-refractivity contribution in [2.45, 2.75) is 120 Å². The molecule has 0 aromatic rings. The molecule has 30 heteroatoms. The highest BCUT2D eigenvalue weighted by atomic mass is 16.4. The van der Waals surface area contributed by atoms with Gasteiger partial charge in [-0.2, -0.15) is 0 Å². The summed E-state index contributed by atoms with van der Waals surface area (Å²) in [7, 11) is 0. The van der Waals surface area contributed by atoms with Crippen LogP contribution >= 0.6 is 0 Å². The van der Waals surface area contributed by atoms with Crippen LogP contribution in [0.2, 0.25) is 0 Å². The number of aliphatic hydroxyl groups excluding tert-OH is 5. The fourth-order valence-corrected chi connectivity index (χ4v) is 6.42. The molecule has 8 amide bonds. The van der Waals surface area contributed by atoms with E-state index in [0.717, 1.165) is 11.8 Å². The van der Waals surface area contributed by atoms with E-state index >= 15 is 0 Å². The van der Waals surface area contributed by atoms with Crippen molar-refractivity contribution in [3.05, 3.63) is 0 Å². The number of hydrogen-bond acceptors (Lipinski definition) is 17. The largest absolute Gasteiger partial charge is 0.480 e. The van der Waals surface area contributed by atoms with Gasteiger partial charge < -0.3 is 101 Å². The smallest absolute Gasteiger partial charge is 0.328 e. The number of amides is 8. The molecule has 386 valence electrons. The maximum absolute atomic E-state index is 13.7. The Labute approximate surface area is 391 Å². The van der Waals surface area contributed by atoms with Gasteiger partial charge in [0, 0.05) is 19.6 Å². The minimum atomic E-state index is -1.88. The molecule has 30 nitrogen and oxygen atoms in total. The zero-order valence-electron chi connectivity index (χ0n) is 38.1. The zero-order valence-corrected chi connectivity index (χ0v) is 38.1. The average molecular weight is 976 g/mol. The lowest BCUT2D eigenvalue weighted by molar-refractivity contribution is -0.146. The molecule has 1 aliphatic rings.